The van der Waals surface area contributed by atoms with Crippen LogP contribution in [-0.2, 0) is 0 Å². The van der Waals surface area contributed by atoms with Crippen LogP contribution < -0.4 is 5.73 Å². The predicted octanol–water partition coefficient (Wildman–Crippen LogP) is 0.0216. The maximum atomic E-state index is 9.24. The molecule has 0 aromatic heterocycles. The molecule has 0 aromatic rings. The molecule has 0 aliphatic carbocycles. The Kier molecular flexibility index (Phi) is 3.72. The summed E-state index contributed by atoms with van der Waals surface area (Å²) >= 11 is 0. The van der Waals surface area contributed by atoms with Crippen LogP contribution in [0, 0.1) is 0 Å². The van der Waals surface area contributed by atoms with Gasteiger partial charge in [-0.15, -0.1) is 6.58 Å². The summed E-state index contributed by atoms with van der Waals surface area (Å²) < 4.78 is 0. The van der Waals surface area contributed by atoms with Crippen molar-refractivity contribution in [3.8, 4) is 0 Å². The van der Waals surface area contributed by atoms with E-state index in [0.717, 1.165) is 0 Å². The average molecular weight is 159 g/mol. The lowest BCUT2D eigenvalue weighted by Crippen LogP contribution is -2.57. The molecular weight excluding hydrogens is 142 g/mol. The third-order valence-corrected chi connectivity index (χ3v) is 2.05. The van der Waals surface area contributed by atoms with Crippen LogP contribution >= 0.6 is 0 Å². The topological polar surface area (TPSA) is 66.5 Å². The number of nitrogens with two attached hydrogens (primary N) is 1. The van der Waals surface area contributed by atoms with Crippen LogP contribution in [-0.4, -0.2) is 28.0 Å². The fourth-order valence-corrected chi connectivity index (χ4v) is 0.940. The molecule has 0 spiro atoms. The minimum Gasteiger partial charge on any atom is -0.391 e. The lowest BCUT2D eigenvalue weighted by atomic mass is 9.85. The molecule has 0 rings (SSSR count). The molecule has 0 aliphatic rings. The van der Waals surface area contributed by atoms with E-state index in [0.29, 0.717) is 6.42 Å². The van der Waals surface area contributed by atoms with Gasteiger partial charge in [0.1, 0.15) is 0 Å². The maximum absolute atomic E-state index is 9.24. The quantitative estimate of drug-likeness (QED) is 0.507. The van der Waals surface area contributed by atoms with Gasteiger partial charge in [0.2, 0.25) is 0 Å². The summed E-state index contributed by atoms with van der Waals surface area (Å²) in [5.74, 6) is 0. The summed E-state index contributed by atoms with van der Waals surface area (Å²) in [6, 6.07) is 0. The van der Waals surface area contributed by atoms with E-state index in [-0.39, 0.29) is 0 Å². The van der Waals surface area contributed by atoms with Crippen molar-refractivity contribution in [2.24, 2.45) is 5.73 Å². The number of aliphatic hydroxyl groups excluding tert-OH is 2. The van der Waals surface area contributed by atoms with E-state index < -0.39 is 17.7 Å². The first-order valence-electron chi connectivity index (χ1n) is 3.71. The van der Waals surface area contributed by atoms with Crippen LogP contribution in [0.3, 0.4) is 0 Å². The van der Waals surface area contributed by atoms with E-state index in [4.69, 9.17) is 5.73 Å². The molecule has 3 nitrogen and oxygen atoms in total. The highest BCUT2D eigenvalue weighted by atomic mass is 16.3. The standard InChI is InChI=1S/C8H17NO2/c1-4-5-8(9,6(2)10)7(3)11/h4,6-7,10-11H,1,5,9H2,2-3H3. The van der Waals surface area contributed by atoms with Crippen LogP contribution in [0.2, 0.25) is 0 Å². The van der Waals surface area contributed by atoms with Crippen LogP contribution in [0.1, 0.15) is 20.3 Å². The first-order chi connectivity index (χ1) is 4.95. The van der Waals surface area contributed by atoms with Gasteiger partial charge in [0, 0.05) is 0 Å². The first-order valence-corrected chi connectivity index (χ1v) is 3.71. The normalized spacial score (nSPS) is 21.9. The van der Waals surface area contributed by atoms with Gasteiger partial charge in [-0.25, -0.2) is 0 Å². The van der Waals surface area contributed by atoms with Gasteiger partial charge >= 0.3 is 0 Å². The van der Waals surface area contributed by atoms with Crippen LogP contribution in [0.5, 0.6) is 0 Å². The second-order valence-electron chi connectivity index (χ2n) is 2.96. The molecule has 0 aromatic carbocycles. The second-order valence-corrected chi connectivity index (χ2v) is 2.96. The van der Waals surface area contributed by atoms with Gasteiger partial charge in [-0.1, -0.05) is 6.08 Å². The highest BCUT2D eigenvalue weighted by Crippen LogP contribution is 2.17. The zero-order chi connectivity index (χ0) is 9.07. The molecule has 0 bridgehead atoms. The lowest BCUT2D eigenvalue weighted by molar-refractivity contribution is 0.00922. The van der Waals surface area contributed by atoms with Gasteiger partial charge in [0.15, 0.2) is 0 Å². The van der Waals surface area contributed by atoms with Crippen molar-refractivity contribution in [1.82, 2.24) is 0 Å². The van der Waals surface area contributed by atoms with Crippen LogP contribution in [0.15, 0.2) is 12.7 Å². The number of hydrogen-bond acceptors (Lipinski definition) is 3. The fraction of sp³-hybridized carbons (Fsp3) is 0.750. The SMILES string of the molecule is C=CCC(N)(C(C)O)C(C)O. The van der Waals surface area contributed by atoms with E-state index in [9.17, 15) is 10.2 Å². The van der Waals surface area contributed by atoms with Crippen molar-refractivity contribution in [2.45, 2.75) is 38.0 Å². The molecule has 0 aliphatic heterocycles. The summed E-state index contributed by atoms with van der Waals surface area (Å²) in [7, 11) is 0. The Bertz CT molecular complexity index is 124. The first kappa shape index (κ1) is 10.6. The van der Waals surface area contributed by atoms with Gasteiger partial charge in [0.25, 0.3) is 0 Å². The molecule has 0 saturated carbocycles. The zero-order valence-electron chi connectivity index (χ0n) is 7.12. The third kappa shape index (κ3) is 2.29. The molecule has 11 heavy (non-hydrogen) atoms. The Hall–Kier alpha value is -0.380. The molecule has 0 saturated heterocycles. The van der Waals surface area contributed by atoms with E-state index in [1.54, 1.807) is 19.9 Å². The third-order valence-electron chi connectivity index (χ3n) is 2.05. The maximum Gasteiger partial charge on any atom is 0.0719 e. The molecule has 0 radical (unpaired) electrons. The highest BCUT2D eigenvalue weighted by molar-refractivity contribution is 4.98. The Morgan fingerprint density at radius 2 is 1.82 bits per heavy atom. The minimum atomic E-state index is -0.957. The molecule has 4 N–H and O–H groups in total. The monoisotopic (exact) mass is 159 g/mol. The molecule has 2 unspecified atom stereocenters. The predicted molar refractivity (Wildman–Crippen MR) is 45.1 cm³/mol. The minimum absolute atomic E-state index is 0.405. The summed E-state index contributed by atoms with van der Waals surface area (Å²) in [5, 5.41) is 18.5. The van der Waals surface area contributed by atoms with Crippen molar-refractivity contribution in [2.75, 3.05) is 0 Å². The van der Waals surface area contributed by atoms with Crippen LogP contribution in [0.4, 0.5) is 0 Å². The molecule has 0 fully saturated rings. The Morgan fingerprint density at radius 3 is 1.91 bits per heavy atom. The van der Waals surface area contributed by atoms with Crippen molar-refractivity contribution >= 4 is 0 Å². The number of hydrogen-bond donors (Lipinski definition) is 3. The van der Waals surface area contributed by atoms with Crippen molar-refractivity contribution in [1.29, 1.82) is 0 Å². The van der Waals surface area contributed by atoms with E-state index in [1.165, 1.54) is 0 Å². The van der Waals surface area contributed by atoms with Gasteiger partial charge in [-0.05, 0) is 20.3 Å². The summed E-state index contributed by atoms with van der Waals surface area (Å²) in [4.78, 5) is 0. The Balaban J connectivity index is 4.37. The van der Waals surface area contributed by atoms with Crippen molar-refractivity contribution < 1.29 is 10.2 Å². The van der Waals surface area contributed by atoms with E-state index >= 15 is 0 Å². The Morgan fingerprint density at radius 1 is 1.45 bits per heavy atom. The second kappa shape index (κ2) is 3.85. The van der Waals surface area contributed by atoms with Gasteiger partial charge < -0.3 is 15.9 Å². The summed E-state index contributed by atoms with van der Waals surface area (Å²) in [5.41, 5.74) is 4.77. The smallest absolute Gasteiger partial charge is 0.0719 e. The van der Waals surface area contributed by atoms with Crippen molar-refractivity contribution in [3.63, 3.8) is 0 Å². The fourth-order valence-electron chi connectivity index (χ4n) is 0.940. The summed E-state index contributed by atoms with van der Waals surface area (Å²) in [6.45, 7) is 6.64. The molecule has 0 heterocycles. The van der Waals surface area contributed by atoms with Crippen LogP contribution in [0.25, 0.3) is 0 Å². The zero-order valence-corrected chi connectivity index (χ0v) is 7.12. The number of aliphatic hydroxyl groups is 2. The highest BCUT2D eigenvalue weighted by Gasteiger charge is 2.34. The van der Waals surface area contributed by atoms with E-state index in [2.05, 4.69) is 6.58 Å². The van der Waals surface area contributed by atoms with Gasteiger partial charge in [-0.3, -0.25) is 0 Å². The molecular formula is C8H17NO2. The molecule has 66 valence electrons. The average Bonchev–Trinajstić information content (AvgIpc) is 1.87. The van der Waals surface area contributed by atoms with Gasteiger partial charge in [0.05, 0.1) is 17.7 Å². The van der Waals surface area contributed by atoms with E-state index in [1.807, 2.05) is 0 Å². The summed E-state index contributed by atoms with van der Waals surface area (Å²) in [6.07, 6.45) is 0.530. The molecule has 0 amide bonds. The van der Waals surface area contributed by atoms with Gasteiger partial charge in [-0.2, -0.15) is 0 Å². The largest absolute Gasteiger partial charge is 0.391 e. The number of rotatable bonds is 4. The molecule has 2 atom stereocenters. The Labute approximate surface area is 67.5 Å². The lowest BCUT2D eigenvalue weighted by Gasteiger charge is -2.34. The molecule has 3 heteroatoms. The van der Waals surface area contributed by atoms with Crippen molar-refractivity contribution in [3.05, 3.63) is 12.7 Å².